The maximum absolute atomic E-state index is 3.88. The van der Waals surface area contributed by atoms with Gasteiger partial charge in [0.25, 0.3) is 0 Å². The van der Waals surface area contributed by atoms with E-state index in [1.165, 1.54) is 89.0 Å². The Labute approximate surface area is 402 Å². The van der Waals surface area contributed by atoms with Crippen molar-refractivity contribution in [1.82, 2.24) is 14.8 Å². The highest BCUT2D eigenvalue weighted by molar-refractivity contribution is 5.53. The van der Waals surface area contributed by atoms with Crippen molar-refractivity contribution in [3.63, 3.8) is 0 Å². The third-order valence-corrected chi connectivity index (χ3v) is 10.8. The van der Waals surface area contributed by atoms with Crippen molar-refractivity contribution in [2.24, 2.45) is 25.6 Å². The molecule has 0 fully saturated rings. The Morgan fingerprint density at radius 2 is 0.615 bits per heavy atom. The molecular formula is C57H98N8. The number of aryl methyl sites for hydroxylation is 8. The molecule has 0 aliphatic heterocycles. The monoisotopic (exact) mass is 895 g/mol. The van der Waals surface area contributed by atoms with Gasteiger partial charge in [-0.2, -0.15) is 15.3 Å². The van der Waals surface area contributed by atoms with E-state index in [0.29, 0.717) is 0 Å². The van der Waals surface area contributed by atoms with Gasteiger partial charge in [0.15, 0.2) is 0 Å². The molecule has 0 atom stereocenters. The van der Waals surface area contributed by atoms with E-state index < -0.39 is 0 Å². The second-order valence-corrected chi connectivity index (χ2v) is 18.2. The molecule has 366 valence electrons. The molecule has 8 heteroatoms. The molecule has 0 saturated heterocycles. The van der Waals surface area contributed by atoms with E-state index in [0.717, 1.165) is 0 Å². The van der Waals surface area contributed by atoms with Crippen molar-refractivity contribution < 1.29 is 0 Å². The van der Waals surface area contributed by atoms with Crippen LogP contribution in [0.3, 0.4) is 0 Å². The van der Waals surface area contributed by atoms with E-state index >= 15 is 0 Å². The van der Waals surface area contributed by atoms with Gasteiger partial charge in [0.05, 0.1) is 18.9 Å². The molecule has 0 unspecified atom stereocenters. The summed E-state index contributed by atoms with van der Waals surface area (Å²) in [7, 11) is 16.6. The fraction of sp³-hybridized carbons (Fsp3) is 0.526. The zero-order valence-electron chi connectivity index (χ0n) is 47.4. The number of rotatable bonds is 3. The van der Waals surface area contributed by atoms with Crippen LogP contribution in [-0.2, 0) is 0 Å². The van der Waals surface area contributed by atoms with Gasteiger partial charge in [-0.15, -0.1) is 0 Å². The lowest BCUT2D eigenvalue weighted by molar-refractivity contribution is 0.404. The minimum Gasteiger partial charge on any atom is -0.384 e. The number of allylic oxidation sites excluding steroid dienone is 1. The Hall–Kier alpha value is -5.11. The molecule has 0 N–H and O–H groups in total. The van der Waals surface area contributed by atoms with E-state index in [2.05, 4.69) is 185 Å². The lowest BCUT2D eigenvalue weighted by Gasteiger charge is -2.06. The number of nitrogens with zero attached hydrogens (tertiary/aromatic N) is 8. The summed E-state index contributed by atoms with van der Waals surface area (Å²) in [6.07, 6.45) is 5.75. The first-order chi connectivity index (χ1) is 29.9. The Kier molecular flexibility index (Phi) is 37.0. The standard InChI is InChI=1S/4C10H14.C5H12N2.C5H11N.C4H10N2.C3H9N3/c4*1-7-5-6-8(2)10(4)9(7)3;1-5(2,3)7-6-4;1-4-5-6(2)3;1-5-4-6(2)3;1-4-5-6(2)3/h4*5-6H,1-4H3;1-4H3;4-5H,1-3H3;4H,1-3H3;1-3H3/b;;;;;5-4+;;. The molecule has 4 aromatic rings. The molecule has 0 spiro atoms. The molecule has 65 heavy (non-hydrogen) atoms. The first-order valence-electron chi connectivity index (χ1n) is 22.7. The first kappa shape index (κ1) is 66.5. The number of hydrogen-bond donors (Lipinski definition) is 0. The fourth-order valence-corrected chi connectivity index (χ4v) is 5.37. The maximum atomic E-state index is 3.88. The van der Waals surface area contributed by atoms with E-state index in [1.54, 1.807) is 32.5 Å². The lowest BCUT2D eigenvalue weighted by Crippen LogP contribution is -2.07. The zero-order valence-corrected chi connectivity index (χ0v) is 47.4. The highest BCUT2D eigenvalue weighted by Crippen LogP contribution is 2.18. The molecule has 0 heterocycles. The van der Waals surface area contributed by atoms with Gasteiger partial charge in [-0.3, -0.25) is 10.0 Å². The van der Waals surface area contributed by atoms with Crippen LogP contribution in [0.2, 0.25) is 0 Å². The van der Waals surface area contributed by atoms with Gasteiger partial charge in [0.1, 0.15) is 0 Å². The van der Waals surface area contributed by atoms with E-state index in [1.807, 2.05) is 92.1 Å². The van der Waals surface area contributed by atoms with Crippen LogP contribution in [0.4, 0.5) is 0 Å². The van der Waals surface area contributed by atoms with Crippen LogP contribution >= 0.6 is 0 Å². The second kappa shape index (κ2) is 36.1. The smallest absolute Gasteiger partial charge is 0.0841 e. The van der Waals surface area contributed by atoms with Crippen LogP contribution in [0.1, 0.15) is 117 Å². The highest BCUT2D eigenvalue weighted by atomic mass is 15.5. The van der Waals surface area contributed by atoms with Crippen molar-refractivity contribution in [2.75, 3.05) is 63.4 Å². The van der Waals surface area contributed by atoms with Gasteiger partial charge >= 0.3 is 0 Å². The van der Waals surface area contributed by atoms with Crippen LogP contribution < -0.4 is 0 Å². The van der Waals surface area contributed by atoms with E-state index in [9.17, 15) is 0 Å². The Balaban J connectivity index is -0.000000331. The van der Waals surface area contributed by atoms with Crippen molar-refractivity contribution in [2.45, 2.75) is 144 Å². The van der Waals surface area contributed by atoms with Gasteiger partial charge in [0.2, 0.25) is 0 Å². The highest BCUT2D eigenvalue weighted by Gasteiger charge is 2.04. The van der Waals surface area contributed by atoms with Crippen molar-refractivity contribution in [3.05, 3.63) is 150 Å². The molecule has 0 bridgehead atoms. The largest absolute Gasteiger partial charge is 0.384 e. The summed E-state index contributed by atoms with van der Waals surface area (Å²) < 4.78 is 0. The molecular weight excluding hydrogens is 797 g/mol. The lowest BCUT2D eigenvalue weighted by atomic mass is 10.0. The number of azo groups is 1. The van der Waals surface area contributed by atoms with Crippen LogP contribution in [-0.4, -0.2) is 90.1 Å². The summed E-state index contributed by atoms with van der Waals surface area (Å²) in [6.45, 7) is 42.7. The van der Waals surface area contributed by atoms with Gasteiger partial charge in [-0.05, 0) is 234 Å². The molecule has 0 aliphatic carbocycles. The summed E-state index contributed by atoms with van der Waals surface area (Å²) >= 11 is 0. The summed E-state index contributed by atoms with van der Waals surface area (Å²) in [5.74, 6) is 0. The van der Waals surface area contributed by atoms with E-state index in [4.69, 9.17) is 0 Å². The molecule has 0 saturated carbocycles. The topological polar surface area (TPSA) is 71.5 Å². The number of benzene rings is 4. The summed E-state index contributed by atoms with van der Waals surface area (Å²) in [5.41, 5.74) is 22.6. The molecule has 0 radical (unpaired) electrons. The Bertz CT molecular complexity index is 1660. The minimum absolute atomic E-state index is 0.00868. The second-order valence-electron chi connectivity index (χ2n) is 18.2. The molecule has 0 aliphatic rings. The van der Waals surface area contributed by atoms with Crippen molar-refractivity contribution >= 4 is 6.34 Å². The Morgan fingerprint density at radius 1 is 0.385 bits per heavy atom. The molecule has 0 amide bonds. The zero-order chi connectivity index (χ0) is 51.8. The van der Waals surface area contributed by atoms with Crippen LogP contribution in [0.25, 0.3) is 0 Å². The minimum atomic E-state index is 0.00868. The average molecular weight is 895 g/mol. The Morgan fingerprint density at radius 3 is 0.662 bits per heavy atom. The van der Waals surface area contributed by atoms with Crippen LogP contribution in [0, 0.1) is 111 Å². The summed E-state index contributed by atoms with van der Waals surface area (Å²) in [4.78, 5) is 7.62. The molecule has 4 aromatic carbocycles. The number of aliphatic imine (C=N–C) groups is 1. The SMILES string of the molecule is C/C=C/N(C)C.CN=CN(C)C.CN=NC(C)(C)C.CN=NN(C)C.Cc1ccc(C)c(C)c1C.Cc1ccc(C)c(C)c1C.Cc1ccc(C)c(C)c1C.Cc1ccc(C)c(C)c1C. The number of hydrogen-bond acceptors (Lipinski definition) is 6. The summed E-state index contributed by atoms with van der Waals surface area (Å²) in [6, 6.07) is 17.4. The van der Waals surface area contributed by atoms with Crippen molar-refractivity contribution in [3.8, 4) is 0 Å². The third-order valence-electron chi connectivity index (χ3n) is 10.8. The van der Waals surface area contributed by atoms with Gasteiger partial charge < -0.3 is 9.80 Å². The molecule has 0 aromatic heterocycles. The van der Waals surface area contributed by atoms with Gasteiger partial charge in [-0.25, -0.2) is 0 Å². The van der Waals surface area contributed by atoms with Crippen LogP contribution in [0.5, 0.6) is 0 Å². The average Bonchev–Trinajstić information content (AvgIpc) is 3.21. The predicted molar refractivity (Wildman–Crippen MR) is 293 cm³/mol. The van der Waals surface area contributed by atoms with Gasteiger partial charge in [0, 0.05) is 56.4 Å². The fourth-order valence-electron chi connectivity index (χ4n) is 5.37. The van der Waals surface area contributed by atoms with Crippen LogP contribution in [0.15, 0.2) is 86.4 Å². The maximum Gasteiger partial charge on any atom is 0.0841 e. The predicted octanol–water partition coefficient (Wildman–Crippen LogP) is 15.4. The van der Waals surface area contributed by atoms with E-state index in [-0.39, 0.29) is 5.54 Å². The third kappa shape index (κ3) is 33.1. The normalized spacial score (nSPS) is 10.3. The molecule has 4 rings (SSSR count). The molecule has 8 nitrogen and oxygen atoms in total. The quantitative estimate of drug-likeness (QED) is 0.0890. The first-order valence-corrected chi connectivity index (χ1v) is 22.7. The van der Waals surface area contributed by atoms with Gasteiger partial charge in [-0.1, -0.05) is 59.8 Å². The van der Waals surface area contributed by atoms with Crippen molar-refractivity contribution in [1.29, 1.82) is 0 Å². The summed E-state index contributed by atoms with van der Waals surface area (Å²) in [5, 5.41) is 16.2.